The molecular formula is C34H43N7O13. The third kappa shape index (κ3) is 16.3. The molecule has 20 nitrogen and oxygen atoms in total. The van der Waals surface area contributed by atoms with Crippen LogP contribution in [0.25, 0.3) is 0 Å². The molecule has 0 unspecified atom stereocenters. The van der Waals surface area contributed by atoms with E-state index < -0.39 is 116 Å². The fourth-order valence-corrected chi connectivity index (χ4v) is 4.72. The van der Waals surface area contributed by atoms with Gasteiger partial charge in [0.25, 0.3) is 0 Å². The number of carbonyl (C=O) groups excluding carboxylic acids is 6. The summed E-state index contributed by atoms with van der Waals surface area (Å²) < 4.78 is 0. The minimum atomic E-state index is -1.73. The van der Waals surface area contributed by atoms with Crippen LogP contribution in [-0.2, 0) is 56.0 Å². The minimum absolute atomic E-state index is 0.0569. The summed E-state index contributed by atoms with van der Waals surface area (Å²) in [5.74, 6) is -9.97. The van der Waals surface area contributed by atoms with E-state index in [1.807, 2.05) is 0 Å². The average Bonchev–Trinajstić information content (AvgIpc) is 3.13. The lowest BCUT2D eigenvalue weighted by atomic mass is 10.0. The maximum atomic E-state index is 13.2. The largest absolute Gasteiger partial charge is 0.481 e. The Kier molecular flexibility index (Phi) is 18.2. The van der Waals surface area contributed by atoms with Gasteiger partial charge in [-0.3, -0.25) is 38.4 Å². The average molecular weight is 758 g/mol. The summed E-state index contributed by atoms with van der Waals surface area (Å²) in [6, 6.07) is 9.30. The second-order valence-electron chi connectivity index (χ2n) is 11.8. The highest BCUT2D eigenvalue weighted by molar-refractivity contribution is 5.96. The molecule has 0 aliphatic rings. The first-order valence-corrected chi connectivity index (χ1v) is 16.4. The molecule has 0 aliphatic heterocycles. The molecule has 0 heterocycles. The lowest BCUT2D eigenvalue weighted by molar-refractivity contribution is -0.142. The molecule has 0 bridgehead atoms. The van der Waals surface area contributed by atoms with Crippen LogP contribution in [0.4, 0.5) is 0 Å². The molecule has 0 saturated heterocycles. The van der Waals surface area contributed by atoms with Crippen LogP contribution in [0, 0.1) is 0 Å². The molecular weight excluding hydrogens is 714 g/mol. The molecule has 2 aromatic rings. The lowest BCUT2D eigenvalue weighted by Gasteiger charge is -2.23. The summed E-state index contributed by atoms with van der Waals surface area (Å²) in [6.45, 7) is -2.50. The molecule has 54 heavy (non-hydrogen) atoms. The van der Waals surface area contributed by atoms with Crippen molar-refractivity contribution in [2.24, 2.45) is 5.73 Å². The number of hydrogen-bond acceptors (Lipinski definition) is 11. The van der Waals surface area contributed by atoms with E-state index in [4.69, 9.17) is 10.8 Å². The molecule has 292 valence electrons. The fraction of sp³-hybridized carbons (Fsp3) is 0.382. The molecule has 12 N–H and O–H groups in total. The van der Waals surface area contributed by atoms with Gasteiger partial charge in [-0.1, -0.05) is 60.7 Å². The van der Waals surface area contributed by atoms with Gasteiger partial charge in [-0.15, -0.1) is 0 Å². The van der Waals surface area contributed by atoms with E-state index in [0.717, 1.165) is 0 Å². The Morgan fingerprint density at radius 3 is 1.48 bits per heavy atom. The van der Waals surface area contributed by atoms with Crippen molar-refractivity contribution >= 4 is 53.4 Å². The summed E-state index contributed by atoms with van der Waals surface area (Å²) in [5, 5.41) is 50.7. The van der Waals surface area contributed by atoms with Crippen molar-refractivity contribution in [1.29, 1.82) is 0 Å². The number of aliphatic hydroxyl groups is 1. The van der Waals surface area contributed by atoms with Gasteiger partial charge in [-0.2, -0.15) is 0 Å². The number of nitrogens with two attached hydrogens (primary N) is 1. The number of carboxylic acids is 3. The van der Waals surface area contributed by atoms with E-state index in [1.54, 1.807) is 60.7 Å². The topological polar surface area (TPSA) is 333 Å². The Morgan fingerprint density at radius 2 is 1.02 bits per heavy atom. The van der Waals surface area contributed by atoms with E-state index in [9.17, 15) is 58.5 Å². The molecule has 2 aromatic carbocycles. The van der Waals surface area contributed by atoms with Gasteiger partial charge in [0.05, 0.1) is 32.2 Å². The smallest absolute Gasteiger partial charge is 0.326 e. The summed E-state index contributed by atoms with van der Waals surface area (Å²) in [6.07, 6.45) is -1.81. The van der Waals surface area contributed by atoms with Gasteiger partial charge in [0.2, 0.25) is 35.4 Å². The summed E-state index contributed by atoms with van der Waals surface area (Å²) in [4.78, 5) is 110. The Labute approximate surface area is 308 Å². The maximum Gasteiger partial charge on any atom is 0.326 e. The van der Waals surface area contributed by atoms with Crippen LogP contribution < -0.4 is 37.6 Å². The lowest BCUT2D eigenvalue weighted by Crippen LogP contribution is -2.58. The first kappa shape index (κ1) is 43.8. The Morgan fingerprint density at radius 1 is 0.556 bits per heavy atom. The van der Waals surface area contributed by atoms with Crippen LogP contribution in [-0.4, -0.2) is 124 Å². The minimum Gasteiger partial charge on any atom is -0.481 e. The van der Waals surface area contributed by atoms with E-state index in [0.29, 0.717) is 11.1 Å². The molecule has 0 aromatic heterocycles. The molecule has 2 rings (SSSR count). The number of rotatable bonds is 23. The number of carboxylic acid groups (broad SMARTS) is 3. The zero-order valence-electron chi connectivity index (χ0n) is 28.9. The molecule has 0 saturated carbocycles. The Balaban J connectivity index is 2.03. The highest BCUT2D eigenvalue weighted by Gasteiger charge is 2.30. The predicted molar refractivity (Wildman–Crippen MR) is 186 cm³/mol. The van der Waals surface area contributed by atoms with Crippen LogP contribution in [0.15, 0.2) is 60.7 Å². The van der Waals surface area contributed by atoms with Crippen LogP contribution in [0.2, 0.25) is 0 Å². The molecule has 5 atom stereocenters. The molecule has 20 heteroatoms. The number of nitrogens with one attached hydrogen (secondary N) is 6. The SMILES string of the molecule is N[C@@H](CCC(=O)O)C(=O)N[C@@H](CO)C(=O)N[C@@H](Cc1ccccc1)C(=O)NCC(=O)N[C@@H](CC(=O)O)C(=O)NCC(=O)N[C@@H](Cc1ccccc1)C(=O)O. The Bertz CT molecular complexity index is 1640. The highest BCUT2D eigenvalue weighted by Crippen LogP contribution is 2.06. The Hall–Kier alpha value is -6.41. The number of amides is 6. The zero-order valence-corrected chi connectivity index (χ0v) is 28.9. The van der Waals surface area contributed by atoms with E-state index in [1.165, 1.54) is 0 Å². The number of aliphatic hydroxyl groups excluding tert-OH is 1. The van der Waals surface area contributed by atoms with Gasteiger partial charge < -0.3 is 58.1 Å². The molecule has 0 aliphatic carbocycles. The van der Waals surface area contributed by atoms with Gasteiger partial charge in [0.15, 0.2) is 0 Å². The predicted octanol–water partition coefficient (Wildman–Crippen LogP) is -3.61. The monoisotopic (exact) mass is 757 g/mol. The van der Waals surface area contributed by atoms with Crippen molar-refractivity contribution in [3.63, 3.8) is 0 Å². The van der Waals surface area contributed by atoms with Crippen molar-refractivity contribution in [3.05, 3.63) is 71.8 Å². The molecule has 0 spiro atoms. The van der Waals surface area contributed by atoms with Gasteiger partial charge in [-0.05, 0) is 17.5 Å². The van der Waals surface area contributed by atoms with Crippen molar-refractivity contribution in [2.45, 2.75) is 62.3 Å². The van der Waals surface area contributed by atoms with Gasteiger partial charge in [0.1, 0.15) is 24.2 Å². The van der Waals surface area contributed by atoms with Crippen molar-refractivity contribution in [1.82, 2.24) is 31.9 Å². The second-order valence-corrected chi connectivity index (χ2v) is 11.8. The van der Waals surface area contributed by atoms with Crippen LogP contribution in [0.1, 0.15) is 30.4 Å². The van der Waals surface area contributed by atoms with E-state index in [2.05, 4.69) is 31.9 Å². The first-order valence-electron chi connectivity index (χ1n) is 16.4. The van der Waals surface area contributed by atoms with Crippen molar-refractivity contribution < 1.29 is 63.6 Å². The summed E-state index contributed by atoms with van der Waals surface area (Å²) >= 11 is 0. The van der Waals surface area contributed by atoms with Crippen LogP contribution >= 0.6 is 0 Å². The number of benzene rings is 2. The van der Waals surface area contributed by atoms with Crippen molar-refractivity contribution in [3.8, 4) is 0 Å². The number of hydrogen-bond donors (Lipinski definition) is 11. The zero-order chi connectivity index (χ0) is 40.2. The standard InChI is InChI=1S/C34H43N7O13/c35-21(11-12-28(45)46)30(49)41-25(18-42)33(52)40-22(13-19-7-3-1-4-8-19)31(50)36-16-26(43)38-23(15-29(47)48)32(51)37-17-27(44)39-24(34(53)54)14-20-9-5-2-6-10-20/h1-10,21-25,42H,11-18,35H2,(H,36,50)(H,37,51)(H,38,43)(H,39,44)(H,40,52)(H,41,49)(H,45,46)(H,47,48)(H,53,54)/t21-,22-,23-,24-,25-/m0/s1. The third-order valence-electron chi connectivity index (χ3n) is 7.53. The fourth-order valence-electron chi connectivity index (χ4n) is 4.72. The van der Waals surface area contributed by atoms with Crippen molar-refractivity contribution in [2.75, 3.05) is 19.7 Å². The third-order valence-corrected chi connectivity index (χ3v) is 7.53. The van der Waals surface area contributed by atoms with E-state index >= 15 is 0 Å². The number of carbonyl (C=O) groups is 9. The van der Waals surface area contributed by atoms with Gasteiger partial charge >= 0.3 is 17.9 Å². The highest BCUT2D eigenvalue weighted by atomic mass is 16.4. The maximum absolute atomic E-state index is 13.2. The van der Waals surface area contributed by atoms with Gasteiger partial charge in [-0.25, -0.2) is 4.79 Å². The summed E-state index contributed by atoms with van der Waals surface area (Å²) in [5.41, 5.74) is 6.84. The van der Waals surface area contributed by atoms with Crippen LogP contribution in [0.5, 0.6) is 0 Å². The van der Waals surface area contributed by atoms with Crippen LogP contribution in [0.3, 0.4) is 0 Å². The molecule has 0 radical (unpaired) electrons. The quantitative estimate of drug-likeness (QED) is 0.0522. The summed E-state index contributed by atoms with van der Waals surface area (Å²) in [7, 11) is 0. The normalized spacial score (nSPS) is 13.4. The second kappa shape index (κ2) is 22.5. The van der Waals surface area contributed by atoms with Gasteiger partial charge in [0, 0.05) is 19.3 Å². The first-order chi connectivity index (χ1) is 25.6. The number of aliphatic carboxylic acids is 3. The van der Waals surface area contributed by atoms with E-state index in [-0.39, 0.29) is 19.3 Å². The molecule has 6 amide bonds. The molecule has 0 fully saturated rings.